The zero-order valence-corrected chi connectivity index (χ0v) is 7.94. The van der Waals surface area contributed by atoms with E-state index in [1.165, 1.54) is 0 Å². The summed E-state index contributed by atoms with van der Waals surface area (Å²) in [6.07, 6.45) is 5.17. The van der Waals surface area contributed by atoms with Crippen LogP contribution in [0.15, 0.2) is 0 Å². The molecule has 0 aliphatic heterocycles. The zero-order chi connectivity index (χ0) is 7.33. The molecule has 52 valence electrons. The minimum absolute atomic E-state index is 0.384. The molecule has 0 saturated heterocycles. The predicted octanol–water partition coefficient (Wildman–Crippen LogP) is 1.85. The fourth-order valence-corrected chi connectivity index (χ4v) is 0.556. The van der Waals surface area contributed by atoms with Gasteiger partial charge in [-0.2, -0.15) is 0 Å². The number of terminal acetylenes is 1. The molecule has 0 aromatic carbocycles. The Morgan fingerprint density at radius 1 is 1.67 bits per heavy atom. The average molecular weight is 238 g/mol. The van der Waals surface area contributed by atoms with Crippen molar-refractivity contribution >= 4 is 22.6 Å². The second-order valence-electron chi connectivity index (χ2n) is 2.19. The maximum atomic E-state index is 5.28. The molecule has 0 aliphatic rings. The molecule has 0 heterocycles. The van der Waals surface area contributed by atoms with E-state index in [1.807, 2.05) is 13.8 Å². The Morgan fingerprint density at radius 3 is 2.56 bits per heavy atom. The normalized spacial score (nSPS) is 10.9. The lowest BCUT2D eigenvalue weighted by molar-refractivity contribution is 0.0392. The van der Waals surface area contributed by atoms with E-state index in [0.717, 1.165) is 11.0 Å². The summed E-state index contributed by atoms with van der Waals surface area (Å²) in [4.78, 5) is 0. The molecule has 1 nitrogen and oxygen atoms in total. The number of halogens is 1. The molecule has 0 N–H and O–H groups in total. The fourth-order valence-electron chi connectivity index (χ4n) is 0.335. The summed E-state index contributed by atoms with van der Waals surface area (Å²) in [6.45, 7) is 4.51. The lowest BCUT2D eigenvalue weighted by Crippen LogP contribution is -2.22. The van der Waals surface area contributed by atoms with Crippen LogP contribution < -0.4 is 0 Å². The molecule has 0 amide bonds. The van der Waals surface area contributed by atoms with E-state index in [1.54, 1.807) is 0 Å². The first-order valence-electron chi connectivity index (χ1n) is 2.80. The molecule has 0 aliphatic carbocycles. The van der Waals surface area contributed by atoms with Crippen molar-refractivity contribution in [1.29, 1.82) is 0 Å². The molecule has 0 atom stereocenters. The van der Waals surface area contributed by atoms with E-state index in [0.29, 0.717) is 0 Å². The fraction of sp³-hybridized carbons (Fsp3) is 0.714. The highest BCUT2D eigenvalue weighted by atomic mass is 127. The quantitative estimate of drug-likeness (QED) is 0.414. The van der Waals surface area contributed by atoms with Crippen LogP contribution in [0.2, 0.25) is 0 Å². The van der Waals surface area contributed by atoms with Gasteiger partial charge in [-0.3, -0.25) is 0 Å². The first-order chi connectivity index (χ1) is 4.12. The van der Waals surface area contributed by atoms with E-state index >= 15 is 0 Å². The lowest BCUT2D eigenvalue weighted by Gasteiger charge is -2.17. The number of rotatable bonds is 3. The highest BCUT2D eigenvalue weighted by Gasteiger charge is 2.12. The summed E-state index contributed by atoms with van der Waals surface area (Å²) >= 11 is 2.25. The molecular formula is C7H11IO. The van der Waals surface area contributed by atoms with Crippen LogP contribution in [0.4, 0.5) is 0 Å². The predicted molar refractivity (Wildman–Crippen MR) is 47.8 cm³/mol. The Labute approximate surface area is 70.3 Å². The molecule has 0 saturated carbocycles. The van der Waals surface area contributed by atoms with E-state index in [9.17, 15) is 0 Å². The monoisotopic (exact) mass is 238 g/mol. The van der Waals surface area contributed by atoms with E-state index < -0.39 is 0 Å². The van der Waals surface area contributed by atoms with E-state index in [2.05, 4.69) is 28.5 Å². The van der Waals surface area contributed by atoms with Gasteiger partial charge in [-0.25, -0.2) is 0 Å². The molecule has 0 unspecified atom stereocenters. The Morgan fingerprint density at radius 2 is 2.22 bits per heavy atom. The van der Waals surface area contributed by atoms with Gasteiger partial charge in [0.25, 0.3) is 0 Å². The standard InChI is InChI=1S/C7H11IO/c1-4-7(2,3)9-6-5-8/h1H,5-6H2,2-3H3. The van der Waals surface area contributed by atoms with Crippen LogP contribution in [-0.4, -0.2) is 16.6 Å². The first-order valence-corrected chi connectivity index (χ1v) is 4.32. The minimum Gasteiger partial charge on any atom is -0.362 e. The molecular weight excluding hydrogens is 227 g/mol. The van der Waals surface area contributed by atoms with Gasteiger partial charge in [0, 0.05) is 4.43 Å². The Kier molecular flexibility index (Phi) is 4.24. The van der Waals surface area contributed by atoms with Crippen molar-refractivity contribution < 1.29 is 4.74 Å². The third kappa shape index (κ3) is 4.73. The maximum absolute atomic E-state index is 5.28. The number of ether oxygens (including phenoxy) is 1. The van der Waals surface area contributed by atoms with Gasteiger partial charge in [0.2, 0.25) is 0 Å². The highest BCUT2D eigenvalue weighted by molar-refractivity contribution is 14.1. The molecule has 0 spiro atoms. The molecule has 9 heavy (non-hydrogen) atoms. The van der Waals surface area contributed by atoms with Crippen LogP contribution in [0.3, 0.4) is 0 Å². The average Bonchev–Trinajstić information content (AvgIpc) is 1.84. The summed E-state index contributed by atoms with van der Waals surface area (Å²) in [5, 5.41) is 0. The summed E-state index contributed by atoms with van der Waals surface area (Å²) in [5.41, 5.74) is -0.384. The molecule has 0 aromatic heterocycles. The molecule has 0 fully saturated rings. The molecule has 0 radical (unpaired) electrons. The smallest absolute Gasteiger partial charge is 0.122 e. The molecule has 2 heteroatoms. The Hall–Kier alpha value is 0.250. The maximum Gasteiger partial charge on any atom is 0.122 e. The van der Waals surface area contributed by atoms with E-state index in [-0.39, 0.29) is 5.60 Å². The van der Waals surface area contributed by atoms with Crippen LogP contribution in [-0.2, 0) is 4.74 Å². The SMILES string of the molecule is C#CC(C)(C)OCCI. The van der Waals surface area contributed by atoms with Gasteiger partial charge < -0.3 is 4.74 Å². The van der Waals surface area contributed by atoms with Gasteiger partial charge in [0.15, 0.2) is 0 Å². The minimum atomic E-state index is -0.384. The number of alkyl halides is 1. The van der Waals surface area contributed by atoms with Crippen molar-refractivity contribution in [2.75, 3.05) is 11.0 Å². The molecule has 0 aromatic rings. The number of hydrogen-bond donors (Lipinski definition) is 0. The second kappa shape index (κ2) is 4.13. The topological polar surface area (TPSA) is 9.23 Å². The van der Waals surface area contributed by atoms with Gasteiger partial charge in [0.05, 0.1) is 6.61 Å². The molecule has 0 bridgehead atoms. The summed E-state index contributed by atoms with van der Waals surface area (Å²) in [7, 11) is 0. The van der Waals surface area contributed by atoms with Crippen LogP contribution in [0.5, 0.6) is 0 Å². The van der Waals surface area contributed by atoms with E-state index in [4.69, 9.17) is 11.2 Å². The van der Waals surface area contributed by atoms with Crippen molar-refractivity contribution in [3.8, 4) is 12.3 Å². The van der Waals surface area contributed by atoms with Gasteiger partial charge in [0.1, 0.15) is 5.60 Å². The van der Waals surface area contributed by atoms with Crippen molar-refractivity contribution in [2.24, 2.45) is 0 Å². The van der Waals surface area contributed by atoms with Gasteiger partial charge in [-0.1, -0.05) is 28.5 Å². The van der Waals surface area contributed by atoms with Gasteiger partial charge in [-0.15, -0.1) is 6.42 Å². The zero-order valence-electron chi connectivity index (χ0n) is 5.78. The van der Waals surface area contributed by atoms with Crippen LogP contribution in [0, 0.1) is 12.3 Å². The van der Waals surface area contributed by atoms with Crippen LogP contribution >= 0.6 is 22.6 Å². The Bertz CT molecular complexity index is 113. The highest BCUT2D eigenvalue weighted by Crippen LogP contribution is 2.06. The van der Waals surface area contributed by atoms with Gasteiger partial charge in [-0.05, 0) is 13.8 Å². The summed E-state index contributed by atoms with van der Waals surface area (Å²) in [6, 6.07) is 0. The molecule has 0 rings (SSSR count). The lowest BCUT2D eigenvalue weighted by atomic mass is 10.1. The van der Waals surface area contributed by atoms with Crippen molar-refractivity contribution in [3.05, 3.63) is 0 Å². The van der Waals surface area contributed by atoms with Crippen molar-refractivity contribution in [2.45, 2.75) is 19.4 Å². The number of hydrogen-bond acceptors (Lipinski definition) is 1. The Balaban J connectivity index is 3.49. The summed E-state index contributed by atoms with van der Waals surface area (Å²) < 4.78 is 6.27. The third-order valence-corrected chi connectivity index (χ3v) is 1.33. The second-order valence-corrected chi connectivity index (χ2v) is 3.27. The van der Waals surface area contributed by atoms with Crippen molar-refractivity contribution in [3.63, 3.8) is 0 Å². The largest absolute Gasteiger partial charge is 0.362 e. The van der Waals surface area contributed by atoms with Crippen LogP contribution in [0.25, 0.3) is 0 Å². The van der Waals surface area contributed by atoms with Crippen molar-refractivity contribution in [1.82, 2.24) is 0 Å². The van der Waals surface area contributed by atoms with Gasteiger partial charge >= 0.3 is 0 Å². The third-order valence-electron chi connectivity index (χ3n) is 0.888. The summed E-state index contributed by atoms with van der Waals surface area (Å²) in [5.74, 6) is 2.55. The van der Waals surface area contributed by atoms with Crippen LogP contribution in [0.1, 0.15) is 13.8 Å². The first kappa shape index (κ1) is 9.25.